The molecule has 0 amide bonds. The SMILES string of the molecule is C=Cc1ccccc1C(=C)C1=c2cccc/c2=C(C2=Cc3c(ccc4c3oc3ccccc34)C(C)c3ccccc3OC2)/C=C/CCC=C1. The number of ether oxygens (including phenoxy) is 1. The molecule has 0 N–H and O–H groups in total. The Hall–Kier alpha value is -5.86. The molecule has 1 aliphatic carbocycles. The first-order valence-electron chi connectivity index (χ1n) is 17.1. The molecule has 0 fully saturated rings. The highest BCUT2D eigenvalue weighted by molar-refractivity contribution is 6.08. The van der Waals surface area contributed by atoms with Crippen LogP contribution in [0.1, 0.15) is 53.5 Å². The van der Waals surface area contributed by atoms with Gasteiger partial charge in [0.25, 0.3) is 0 Å². The number of hydrogen-bond donors (Lipinski definition) is 0. The van der Waals surface area contributed by atoms with Gasteiger partial charge in [0, 0.05) is 27.8 Å². The molecule has 5 aromatic carbocycles. The predicted molar refractivity (Wildman–Crippen MR) is 207 cm³/mol. The van der Waals surface area contributed by atoms with Crippen LogP contribution in [0.2, 0.25) is 0 Å². The average Bonchev–Trinajstić information content (AvgIpc) is 3.55. The number of para-hydroxylation sites is 2. The molecular formula is C47H38O2. The van der Waals surface area contributed by atoms with Crippen molar-refractivity contribution in [1.29, 1.82) is 0 Å². The van der Waals surface area contributed by atoms with Gasteiger partial charge in [-0.2, -0.15) is 0 Å². The van der Waals surface area contributed by atoms with E-state index in [0.717, 1.165) is 89.9 Å². The second kappa shape index (κ2) is 13.0. The lowest BCUT2D eigenvalue weighted by Crippen LogP contribution is -2.30. The summed E-state index contributed by atoms with van der Waals surface area (Å²) in [6, 6.07) is 38.3. The highest BCUT2D eigenvalue weighted by atomic mass is 16.5. The summed E-state index contributed by atoms with van der Waals surface area (Å²) in [6.45, 7) is 11.4. The summed E-state index contributed by atoms with van der Waals surface area (Å²) in [5.74, 6) is 0.996. The van der Waals surface area contributed by atoms with Crippen molar-refractivity contribution in [2.24, 2.45) is 0 Å². The van der Waals surface area contributed by atoms with E-state index >= 15 is 0 Å². The minimum Gasteiger partial charge on any atom is -0.489 e. The Labute approximate surface area is 287 Å². The molecule has 8 rings (SSSR count). The second-order valence-electron chi connectivity index (χ2n) is 12.8. The molecule has 1 aliphatic heterocycles. The van der Waals surface area contributed by atoms with E-state index in [-0.39, 0.29) is 5.92 Å². The summed E-state index contributed by atoms with van der Waals surface area (Å²) >= 11 is 0. The maximum atomic E-state index is 6.76. The van der Waals surface area contributed by atoms with Crippen LogP contribution in [0.15, 0.2) is 157 Å². The van der Waals surface area contributed by atoms with Gasteiger partial charge in [-0.25, -0.2) is 0 Å². The third-order valence-electron chi connectivity index (χ3n) is 9.93. The van der Waals surface area contributed by atoms with Crippen LogP contribution >= 0.6 is 0 Å². The number of fused-ring (bicyclic) bond motifs is 7. The lowest BCUT2D eigenvalue weighted by Gasteiger charge is -2.18. The van der Waals surface area contributed by atoms with Crippen molar-refractivity contribution in [3.63, 3.8) is 0 Å². The maximum absolute atomic E-state index is 6.76. The van der Waals surface area contributed by atoms with Gasteiger partial charge in [-0.3, -0.25) is 0 Å². The van der Waals surface area contributed by atoms with E-state index in [1.54, 1.807) is 0 Å². The highest BCUT2D eigenvalue weighted by Crippen LogP contribution is 2.41. The Bertz CT molecular complexity index is 2500. The van der Waals surface area contributed by atoms with Gasteiger partial charge in [0.15, 0.2) is 0 Å². The van der Waals surface area contributed by atoms with Crippen LogP contribution in [0.3, 0.4) is 0 Å². The normalized spacial score (nSPS) is 17.8. The summed E-state index contributed by atoms with van der Waals surface area (Å²) in [5.41, 5.74) is 11.7. The summed E-state index contributed by atoms with van der Waals surface area (Å²) in [7, 11) is 0. The van der Waals surface area contributed by atoms with Crippen LogP contribution in [0.25, 0.3) is 50.8 Å². The number of benzene rings is 5. The van der Waals surface area contributed by atoms with Crippen molar-refractivity contribution in [2.75, 3.05) is 6.61 Å². The number of hydrogen-bond acceptors (Lipinski definition) is 2. The van der Waals surface area contributed by atoms with Gasteiger partial charge in [0.1, 0.15) is 23.5 Å². The Morgan fingerprint density at radius 3 is 2.35 bits per heavy atom. The first-order chi connectivity index (χ1) is 24.1. The third kappa shape index (κ3) is 5.50. The molecule has 0 radical (unpaired) electrons. The van der Waals surface area contributed by atoms with Gasteiger partial charge in [0.05, 0.1) is 0 Å². The minimum absolute atomic E-state index is 0.0922. The van der Waals surface area contributed by atoms with Crippen molar-refractivity contribution in [1.82, 2.24) is 0 Å². The molecule has 0 spiro atoms. The molecule has 2 heterocycles. The van der Waals surface area contributed by atoms with Crippen LogP contribution in [0.5, 0.6) is 5.75 Å². The molecule has 1 unspecified atom stereocenters. The van der Waals surface area contributed by atoms with Gasteiger partial charge in [-0.15, -0.1) is 0 Å². The fourth-order valence-electron chi connectivity index (χ4n) is 7.38. The van der Waals surface area contributed by atoms with E-state index in [0.29, 0.717) is 6.61 Å². The Morgan fingerprint density at radius 1 is 0.735 bits per heavy atom. The Morgan fingerprint density at radius 2 is 1.47 bits per heavy atom. The van der Waals surface area contributed by atoms with E-state index < -0.39 is 0 Å². The molecule has 1 aromatic heterocycles. The molecule has 2 aliphatic rings. The zero-order chi connectivity index (χ0) is 33.3. The molecular weight excluding hydrogens is 597 g/mol. The monoisotopic (exact) mass is 634 g/mol. The van der Waals surface area contributed by atoms with Crippen LogP contribution < -0.4 is 15.2 Å². The first kappa shape index (κ1) is 30.5. The van der Waals surface area contributed by atoms with Crippen molar-refractivity contribution >= 4 is 50.8 Å². The summed E-state index contributed by atoms with van der Waals surface area (Å²) in [5, 5.41) is 4.50. The van der Waals surface area contributed by atoms with E-state index in [9.17, 15) is 0 Å². The molecule has 0 saturated heterocycles. The molecule has 1 atom stereocenters. The minimum atomic E-state index is 0.0922. The zero-order valence-electron chi connectivity index (χ0n) is 27.8. The van der Waals surface area contributed by atoms with Gasteiger partial charge in [0.2, 0.25) is 0 Å². The number of rotatable bonds is 4. The lowest BCUT2D eigenvalue weighted by molar-refractivity contribution is 0.353. The quantitative estimate of drug-likeness (QED) is 0.193. The topological polar surface area (TPSA) is 22.4 Å². The maximum Gasteiger partial charge on any atom is 0.142 e. The molecule has 238 valence electrons. The molecule has 2 nitrogen and oxygen atoms in total. The van der Waals surface area contributed by atoms with Gasteiger partial charge in [-0.05, 0) is 80.5 Å². The molecule has 49 heavy (non-hydrogen) atoms. The van der Waals surface area contributed by atoms with Gasteiger partial charge in [-0.1, -0.05) is 148 Å². The largest absolute Gasteiger partial charge is 0.489 e. The fraction of sp³-hybridized carbons (Fsp3) is 0.106. The first-order valence-corrected chi connectivity index (χ1v) is 17.1. The highest BCUT2D eigenvalue weighted by Gasteiger charge is 2.23. The Kier molecular flexibility index (Phi) is 8.07. The fourth-order valence-corrected chi connectivity index (χ4v) is 7.38. The average molecular weight is 635 g/mol. The van der Waals surface area contributed by atoms with Crippen molar-refractivity contribution in [3.05, 3.63) is 190 Å². The smallest absolute Gasteiger partial charge is 0.142 e. The van der Waals surface area contributed by atoms with Gasteiger partial charge < -0.3 is 9.15 Å². The van der Waals surface area contributed by atoms with Crippen molar-refractivity contribution < 1.29 is 9.15 Å². The van der Waals surface area contributed by atoms with Crippen LogP contribution in [0, 0.1) is 0 Å². The number of furan rings is 1. The van der Waals surface area contributed by atoms with Crippen LogP contribution in [-0.4, -0.2) is 6.61 Å². The molecule has 0 bridgehead atoms. The zero-order valence-corrected chi connectivity index (χ0v) is 27.8. The van der Waals surface area contributed by atoms with E-state index in [1.807, 2.05) is 18.2 Å². The Balaban J connectivity index is 1.46. The molecule has 0 saturated carbocycles. The summed E-state index contributed by atoms with van der Waals surface area (Å²) < 4.78 is 13.4. The van der Waals surface area contributed by atoms with Crippen LogP contribution in [-0.2, 0) is 0 Å². The van der Waals surface area contributed by atoms with E-state index in [1.165, 1.54) is 11.1 Å². The second-order valence-corrected chi connectivity index (χ2v) is 12.8. The predicted octanol–water partition coefficient (Wildman–Crippen LogP) is 10.8. The van der Waals surface area contributed by atoms with Crippen LogP contribution in [0.4, 0.5) is 0 Å². The summed E-state index contributed by atoms with van der Waals surface area (Å²) in [6.07, 6.45) is 15.2. The van der Waals surface area contributed by atoms with E-state index in [2.05, 4.69) is 148 Å². The summed E-state index contributed by atoms with van der Waals surface area (Å²) in [4.78, 5) is 0. The van der Waals surface area contributed by atoms with Crippen molar-refractivity contribution in [3.8, 4) is 5.75 Å². The number of allylic oxidation sites excluding steroid dienone is 5. The van der Waals surface area contributed by atoms with Crippen molar-refractivity contribution in [2.45, 2.75) is 25.7 Å². The standard InChI is InChI=1S/C47H38O2/c1-4-33-17-9-10-18-35(33)31(2)36-19-7-5-6-8-21-39(41-23-12-11-22-40(36)41)34-29-44-37(32(3)38-20-13-15-25-45(38)48-30-34)27-28-43-42-24-14-16-26-46(42)49-47(43)44/h4,7-29,32H,1-2,5-6,30H2,3H3/b19-7?,21-8+,34-29?,40-36?,41-39+. The molecule has 6 aromatic rings. The molecule has 2 heteroatoms. The third-order valence-corrected chi connectivity index (χ3v) is 9.93. The van der Waals surface area contributed by atoms with E-state index in [4.69, 9.17) is 9.15 Å². The lowest BCUT2D eigenvalue weighted by atomic mass is 9.87. The van der Waals surface area contributed by atoms with Gasteiger partial charge >= 0.3 is 0 Å².